The van der Waals surface area contributed by atoms with Crippen LogP contribution in [0.4, 0.5) is 17.6 Å². The van der Waals surface area contributed by atoms with E-state index < -0.39 is 24.1 Å². The van der Waals surface area contributed by atoms with Crippen LogP contribution in [-0.4, -0.2) is 56.1 Å². The zero-order chi connectivity index (χ0) is 35.4. The van der Waals surface area contributed by atoms with Crippen molar-refractivity contribution in [1.29, 1.82) is 0 Å². The van der Waals surface area contributed by atoms with E-state index in [4.69, 9.17) is 0 Å². The molecule has 0 amide bonds. The van der Waals surface area contributed by atoms with Crippen LogP contribution >= 0.6 is 0 Å². The maximum atomic E-state index is 13.1. The van der Waals surface area contributed by atoms with Gasteiger partial charge in [0.15, 0.2) is 0 Å². The van der Waals surface area contributed by atoms with Crippen LogP contribution in [0.3, 0.4) is 0 Å². The minimum Gasteiger partial charge on any atom is -0.384 e. The molecule has 268 valence electrons. The summed E-state index contributed by atoms with van der Waals surface area (Å²) < 4.78 is 52.3. The molecule has 2 saturated carbocycles. The third-order valence-electron chi connectivity index (χ3n) is 10.4. The minimum absolute atomic E-state index is 0.162. The Labute approximate surface area is 294 Å². The van der Waals surface area contributed by atoms with Gasteiger partial charge in [0, 0.05) is 38.3 Å². The molecular formula is C42H50F4N2O2. The van der Waals surface area contributed by atoms with E-state index in [9.17, 15) is 27.8 Å². The van der Waals surface area contributed by atoms with Gasteiger partial charge in [0.1, 0.15) is 11.2 Å². The second-order valence-corrected chi connectivity index (χ2v) is 14.0. The second-order valence-electron chi connectivity index (χ2n) is 14.0. The summed E-state index contributed by atoms with van der Waals surface area (Å²) in [6.07, 6.45) is -2.28. The number of nitrogens with zero attached hydrogens (tertiary/aromatic N) is 2. The molecule has 2 N–H and O–H groups in total. The minimum atomic E-state index is -2.66. The van der Waals surface area contributed by atoms with Crippen molar-refractivity contribution in [3.63, 3.8) is 0 Å². The number of aliphatic hydroxyl groups is 2. The summed E-state index contributed by atoms with van der Waals surface area (Å²) in [6.45, 7) is 3.14. The summed E-state index contributed by atoms with van der Waals surface area (Å²) in [5, 5.41) is 20.1. The van der Waals surface area contributed by atoms with Crippen molar-refractivity contribution in [2.45, 2.75) is 114 Å². The summed E-state index contributed by atoms with van der Waals surface area (Å²) in [6, 6.07) is 41.3. The maximum Gasteiger partial charge on any atom is 0.266 e. The van der Waals surface area contributed by atoms with Gasteiger partial charge in [0.25, 0.3) is 12.9 Å². The fourth-order valence-corrected chi connectivity index (χ4v) is 7.27. The van der Waals surface area contributed by atoms with E-state index >= 15 is 0 Å². The van der Waals surface area contributed by atoms with Gasteiger partial charge in [0.2, 0.25) is 0 Å². The Balaban J connectivity index is 0.000000194. The molecule has 0 heterocycles. The van der Waals surface area contributed by atoms with E-state index in [-0.39, 0.29) is 37.8 Å². The number of benzene rings is 4. The van der Waals surface area contributed by atoms with E-state index in [2.05, 4.69) is 58.3 Å². The van der Waals surface area contributed by atoms with Crippen LogP contribution in [0.2, 0.25) is 0 Å². The summed E-state index contributed by atoms with van der Waals surface area (Å²) in [5.41, 5.74) is 1.26. The molecule has 6 rings (SSSR count). The van der Waals surface area contributed by atoms with Crippen molar-refractivity contribution in [2.24, 2.45) is 0 Å². The maximum absolute atomic E-state index is 13.1. The van der Waals surface area contributed by atoms with Gasteiger partial charge in [0.05, 0.1) is 0 Å². The van der Waals surface area contributed by atoms with E-state index in [1.165, 1.54) is 22.3 Å². The van der Waals surface area contributed by atoms with Crippen LogP contribution in [0.5, 0.6) is 0 Å². The Kier molecular flexibility index (Phi) is 13.6. The highest BCUT2D eigenvalue weighted by atomic mass is 19.3. The predicted molar refractivity (Wildman–Crippen MR) is 191 cm³/mol. The Morgan fingerprint density at radius 2 is 0.660 bits per heavy atom. The van der Waals surface area contributed by atoms with Crippen molar-refractivity contribution < 1.29 is 27.8 Å². The number of hydrogen-bond acceptors (Lipinski definition) is 4. The van der Waals surface area contributed by atoms with Gasteiger partial charge in [-0.25, -0.2) is 17.6 Å². The first-order valence-corrected chi connectivity index (χ1v) is 17.8. The van der Waals surface area contributed by atoms with E-state index in [1.807, 2.05) is 72.8 Å². The van der Waals surface area contributed by atoms with E-state index in [1.54, 1.807) is 0 Å². The molecule has 0 unspecified atom stereocenters. The number of alkyl halides is 4. The van der Waals surface area contributed by atoms with Crippen LogP contribution in [-0.2, 0) is 26.2 Å². The molecular weight excluding hydrogens is 640 g/mol. The summed E-state index contributed by atoms with van der Waals surface area (Å²) in [7, 11) is 0. The zero-order valence-corrected chi connectivity index (χ0v) is 28.6. The molecule has 0 aliphatic heterocycles. The van der Waals surface area contributed by atoms with E-state index in [0.29, 0.717) is 25.7 Å². The Morgan fingerprint density at radius 3 is 0.860 bits per heavy atom. The lowest BCUT2D eigenvalue weighted by molar-refractivity contribution is -0.126. The molecule has 0 spiro atoms. The third-order valence-corrected chi connectivity index (χ3v) is 10.4. The van der Waals surface area contributed by atoms with Gasteiger partial charge in [-0.05, 0) is 73.6 Å². The molecule has 0 bridgehead atoms. The topological polar surface area (TPSA) is 46.9 Å². The zero-order valence-electron chi connectivity index (χ0n) is 28.6. The molecule has 0 atom stereocenters. The monoisotopic (exact) mass is 690 g/mol. The average Bonchev–Trinajstić information content (AvgIpc) is 3.14. The van der Waals surface area contributed by atoms with Crippen LogP contribution in [0.15, 0.2) is 121 Å². The molecule has 0 radical (unpaired) electrons. The van der Waals surface area contributed by atoms with Gasteiger partial charge in [-0.1, -0.05) is 121 Å². The Bertz CT molecular complexity index is 1310. The quantitative estimate of drug-likeness (QED) is 0.146. The summed E-state index contributed by atoms with van der Waals surface area (Å²) in [4.78, 5) is 4.71. The molecule has 0 saturated heterocycles. The smallest absolute Gasteiger partial charge is 0.266 e. The molecule has 4 nitrogen and oxygen atoms in total. The van der Waals surface area contributed by atoms with E-state index in [0.717, 1.165) is 26.2 Å². The highest BCUT2D eigenvalue weighted by Gasteiger charge is 2.43. The first kappa shape index (κ1) is 37.7. The molecule has 50 heavy (non-hydrogen) atoms. The molecule has 2 aliphatic carbocycles. The van der Waals surface area contributed by atoms with Gasteiger partial charge >= 0.3 is 0 Å². The van der Waals surface area contributed by atoms with Crippen molar-refractivity contribution in [3.8, 4) is 0 Å². The lowest BCUT2D eigenvalue weighted by Crippen LogP contribution is -2.46. The Morgan fingerprint density at radius 1 is 0.440 bits per heavy atom. The van der Waals surface area contributed by atoms with Gasteiger partial charge in [-0.2, -0.15) is 0 Å². The number of hydrogen-bond donors (Lipinski definition) is 2. The van der Waals surface area contributed by atoms with Crippen molar-refractivity contribution in [1.82, 2.24) is 9.80 Å². The molecule has 8 heteroatoms. The fourth-order valence-electron chi connectivity index (χ4n) is 7.27. The van der Waals surface area contributed by atoms with Crippen LogP contribution in [0, 0.1) is 0 Å². The highest BCUT2D eigenvalue weighted by Crippen LogP contribution is 2.37. The normalized spacial score (nSPS) is 24.0. The predicted octanol–water partition coefficient (Wildman–Crippen LogP) is 9.26. The lowest BCUT2D eigenvalue weighted by Gasteiger charge is -2.40. The molecule has 2 fully saturated rings. The van der Waals surface area contributed by atoms with Crippen LogP contribution < -0.4 is 0 Å². The average molecular weight is 691 g/mol. The van der Waals surface area contributed by atoms with Crippen molar-refractivity contribution in [3.05, 3.63) is 144 Å². The summed E-state index contributed by atoms with van der Waals surface area (Å²) >= 11 is 0. The van der Waals surface area contributed by atoms with Crippen molar-refractivity contribution >= 4 is 0 Å². The molecule has 4 aromatic rings. The standard InChI is InChI=1S/2C21H25F2NO/c2*22-20(23)21(25)13-11-19(12-14-21)24(15-17-7-3-1-4-8-17)16-18-9-5-2-6-10-18/h2*1-10,19-20,25H,11-16H2. The lowest BCUT2D eigenvalue weighted by atomic mass is 9.81. The number of halogens is 4. The second kappa shape index (κ2) is 18.1. The molecule has 0 aromatic heterocycles. The van der Waals surface area contributed by atoms with Gasteiger partial charge in [-0.3, -0.25) is 9.80 Å². The van der Waals surface area contributed by atoms with Crippen molar-refractivity contribution in [2.75, 3.05) is 0 Å². The fraction of sp³-hybridized carbons (Fsp3) is 0.429. The van der Waals surface area contributed by atoms with Crippen LogP contribution in [0.25, 0.3) is 0 Å². The van der Waals surface area contributed by atoms with Gasteiger partial charge in [-0.15, -0.1) is 0 Å². The van der Waals surface area contributed by atoms with Gasteiger partial charge < -0.3 is 10.2 Å². The Hall–Kier alpha value is -3.56. The first-order valence-electron chi connectivity index (χ1n) is 17.8. The molecule has 2 aliphatic rings. The largest absolute Gasteiger partial charge is 0.384 e. The third kappa shape index (κ3) is 10.7. The molecule has 4 aromatic carbocycles. The highest BCUT2D eigenvalue weighted by molar-refractivity contribution is 5.19. The first-order chi connectivity index (χ1) is 24.1. The summed E-state index contributed by atoms with van der Waals surface area (Å²) in [5.74, 6) is 0. The van der Waals surface area contributed by atoms with Crippen LogP contribution in [0.1, 0.15) is 73.6 Å². The SMILES string of the molecule is OC1(C(F)F)CCC(N(Cc2ccccc2)Cc2ccccc2)CC1.OC1(C(F)F)CCC(N(Cc2ccccc2)Cc2ccccc2)CC1. The number of rotatable bonds is 12.